The van der Waals surface area contributed by atoms with Crippen LogP contribution in [0, 0.1) is 11.3 Å². The lowest BCUT2D eigenvalue weighted by atomic mass is 10.1. The maximum absolute atomic E-state index is 8.67. The molecule has 0 aliphatic rings. The van der Waals surface area contributed by atoms with Crippen LogP contribution in [0.4, 0.5) is 0 Å². The van der Waals surface area contributed by atoms with Gasteiger partial charge in [-0.1, -0.05) is 12.1 Å². The standard InChI is InChI=1S/C13H12N4/c14-8-11-2-4-12(5-3-11)9-15-10-13-16-6-1-7-17-13/h1-7,15H,9-10H2. The van der Waals surface area contributed by atoms with E-state index in [0.717, 1.165) is 17.9 Å². The number of nitrogens with one attached hydrogen (secondary N) is 1. The zero-order chi connectivity index (χ0) is 11.9. The monoisotopic (exact) mass is 224 g/mol. The summed E-state index contributed by atoms with van der Waals surface area (Å²) in [5, 5.41) is 11.9. The van der Waals surface area contributed by atoms with E-state index in [2.05, 4.69) is 21.4 Å². The van der Waals surface area contributed by atoms with Crippen molar-refractivity contribution in [2.45, 2.75) is 13.1 Å². The first kappa shape index (κ1) is 11.2. The van der Waals surface area contributed by atoms with E-state index in [1.54, 1.807) is 18.5 Å². The van der Waals surface area contributed by atoms with E-state index in [1.807, 2.05) is 24.3 Å². The number of hydrogen-bond donors (Lipinski definition) is 1. The zero-order valence-electron chi connectivity index (χ0n) is 9.30. The molecule has 2 rings (SSSR count). The third kappa shape index (κ3) is 3.37. The molecule has 4 heteroatoms. The Hall–Kier alpha value is -2.25. The topological polar surface area (TPSA) is 61.6 Å². The van der Waals surface area contributed by atoms with Gasteiger partial charge < -0.3 is 5.32 Å². The Morgan fingerprint density at radius 1 is 1.06 bits per heavy atom. The van der Waals surface area contributed by atoms with Crippen molar-refractivity contribution in [3.8, 4) is 6.07 Å². The average molecular weight is 224 g/mol. The fourth-order valence-electron chi connectivity index (χ4n) is 1.44. The molecule has 2 aromatic rings. The Balaban J connectivity index is 1.84. The number of rotatable bonds is 4. The minimum absolute atomic E-state index is 0.640. The predicted molar refractivity (Wildman–Crippen MR) is 63.7 cm³/mol. The lowest BCUT2D eigenvalue weighted by molar-refractivity contribution is 0.662. The van der Waals surface area contributed by atoms with Crippen LogP contribution in [0.2, 0.25) is 0 Å². The summed E-state index contributed by atoms with van der Waals surface area (Å²) in [6.45, 7) is 1.38. The van der Waals surface area contributed by atoms with Crippen LogP contribution in [0.3, 0.4) is 0 Å². The number of nitriles is 1. The van der Waals surface area contributed by atoms with Gasteiger partial charge in [0.15, 0.2) is 0 Å². The Kier molecular flexibility index (Phi) is 3.79. The molecule has 1 aromatic heterocycles. The van der Waals surface area contributed by atoms with Crippen molar-refractivity contribution in [3.63, 3.8) is 0 Å². The third-order valence-electron chi connectivity index (χ3n) is 2.31. The number of aromatic nitrogens is 2. The summed E-state index contributed by atoms with van der Waals surface area (Å²) < 4.78 is 0. The SMILES string of the molecule is N#Cc1ccc(CNCc2ncccn2)cc1. The lowest BCUT2D eigenvalue weighted by Crippen LogP contribution is -2.14. The molecule has 84 valence electrons. The van der Waals surface area contributed by atoms with E-state index in [1.165, 1.54) is 0 Å². The first-order valence-corrected chi connectivity index (χ1v) is 5.34. The maximum atomic E-state index is 8.67. The molecule has 17 heavy (non-hydrogen) atoms. The Bertz CT molecular complexity index is 499. The lowest BCUT2D eigenvalue weighted by Gasteiger charge is -2.03. The first-order valence-electron chi connectivity index (χ1n) is 5.34. The van der Waals surface area contributed by atoms with Gasteiger partial charge in [0, 0.05) is 18.9 Å². The third-order valence-corrected chi connectivity index (χ3v) is 2.31. The fraction of sp³-hybridized carbons (Fsp3) is 0.154. The van der Waals surface area contributed by atoms with Gasteiger partial charge in [0.1, 0.15) is 5.82 Å². The van der Waals surface area contributed by atoms with Gasteiger partial charge in [-0.3, -0.25) is 0 Å². The first-order chi connectivity index (χ1) is 8.38. The highest BCUT2D eigenvalue weighted by atomic mass is 14.9. The van der Waals surface area contributed by atoms with Crippen LogP contribution in [0.1, 0.15) is 17.0 Å². The second-order valence-electron chi connectivity index (χ2n) is 3.58. The summed E-state index contributed by atoms with van der Waals surface area (Å²) in [6.07, 6.45) is 3.46. The number of hydrogen-bond acceptors (Lipinski definition) is 4. The average Bonchev–Trinajstić information content (AvgIpc) is 2.41. The normalized spacial score (nSPS) is 9.82. The largest absolute Gasteiger partial charge is 0.306 e. The zero-order valence-corrected chi connectivity index (χ0v) is 9.30. The van der Waals surface area contributed by atoms with Crippen LogP contribution in [0.5, 0.6) is 0 Å². The fourth-order valence-corrected chi connectivity index (χ4v) is 1.44. The molecule has 0 amide bonds. The Morgan fingerprint density at radius 2 is 1.76 bits per heavy atom. The van der Waals surface area contributed by atoms with E-state index in [4.69, 9.17) is 5.26 Å². The maximum Gasteiger partial charge on any atom is 0.141 e. The molecule has 1 N–H and O–H groups in total. The molecule has 0 aliphatic heterocycles. The van der Waals surface area contributed by atoms with Gasteiger partial charge in [0.25, 0.3) is 0 Å². The summed E-state index contributed by atoms with van der Waals surface area (Å²) in [5.74, 6) is 0.779. The van der Waals surface area contributed by atoms with Crippen LogP contribution >= 0.6 is 0 Å². The van der Waals surface area contributed by atoms with Gasteiger partial charge in [-0.05, 0) is 23.8 Å². The van der Waals surface area contributed by atoms with Crippen LogP contribution in [0.25, 0.3) is 0 Å². The Labute approximate surface area is 100.0 Å². The molecular formula is C13H12N4. The van der Waals surface area contributed by atoms with Gasteiger partial charge in [0.05, 0.1) is 18.2 Å². The second kappa shape index (κ2) is 5.73. The minimum Gasteiger partial charge on any atom is -0.306 e. The Morgan fingerprint density at radius 3 is 2.41 bits per heavy atom. The molecule has 0 radical (unpaired) electrons. The quantitative estimate of drug-likeness (QED) is 0.857. The van der Waals surface area contributed by atoms with E-state index in [-0.39, 0.29) is 0 Å². The van der Waals surface area contributed by atoms with Crippen molar-refractivity contribution in [1.82, 2.24) is 15.3 Å². The molecule has 0 unspecified atom stereocenters. The summed E-state index contributed by atoms with van der Waals surface area (Å²) in [7, 11) is 0. The number of nitrogens with zero attached hydrogens (tertiary/aromatic N) is 3. The van der Waals surface area contributed by atoms with Crippen molar-refractivity contribution >= 4 is 0 Å². The van der Waals surface area contributed by atoms with Gasteiger partial charge in [-0.25, -0.2) is 9.97 Å². The summed E-state index contributed by atoms with van der Waals surface area (Å²) in [6, 6.07) is 11.4. The molecule has 0 aliphatic carbocycles. The van der Waals surface area contributed by atoms with Crippen molar-refractivity contribution in [2.24, 2.45) is 0 Å². The molecule has 0 saturated carbocycles. The summed E-state index contributed by atoms with van der Waals surface area (Å²) >= 11 is 0. The molecule has 0 bridgehead atoms. The van der Waals surface area contributed by atoms with E-state index >= 15 is 0 Å². The molecule has 1 aromatic carbocycles. The van der Waals surface area contributed by atoms with Crippen LogP contribution in [-0.4, -0.2) is 9.97 Å². The van der Waals surface area contributed by atoms with Crippen molar-refractivity contribution in [3.05, 3.63) is 59.7 Å². The van der Waals surface area contributed by atoms with E-state index in [9.17, 15) is 0 Å². The summed E-state index contributed by atoms with van der Waals surface area (Å²) in [4.78, 5) is 8.24. The van der Waals surface area contributed by atoms with E-state index in [0.29, 0.717) is 12.1 Å². The van der Waals surface area contributed by atoms with Crippen molar-refractivity contribution in [1.29, 1.82) is 5.26 Å². The van der Waals surface area contributed by atoms with Gasteiger partial charge in [-0.15, -0.1) is 0 Å². The van der Waals surface area contributed by atoms with Gasteiger partial charge >= 0.3 is 0 Å². The highest BCUT2D eigenvalue weighted by molar-refractivity contribution is 5.31. The highest BCUT2D eigenvalue weighted by Gasteiger charge is 1.96. The molecule has 1 heterocycles. The highest BCUT2D eigenvalue weighted by Crippen LogP contribution is 2.02. The molecule has 0 spiro atoms. The minimum atomic E-state index is 0.640. The van der Waals surface area contributed by atoms with Gasteiger partial charge in [0.2, 0.25) is 0 Å². The molecular weight excluding hydrogens is 212 g/mol. The molecule has 0 atom stereocenters. The molecule has 0 saturated heterocycles. The van der Waals surface area contributed by atoms with Gasteiger partial charge in [-0.2, -0.15) is 5.26 Å². The molecule has 4 nitrogen and oxygen atoms in total. The molecule has 0 fully saturated rings. The van der Waals surface area contributed by atoms with Crippen LogP contribution < -0.4 is 5.32 Å². The smallest absolute Gasteiger partial charge is 0.141 e. The van der Waals surface area contributed by atoms with E-state index < -0.39 is 0 Å². The second-order valence-corrected chi connectivity index (χ2v) is 3.58. The summed E-state index contributed by atoms with van der Waals surface area (Å²) in [5.41, 5.74) is 1.82. The van der Waals surface area contributed by atoms with Crippen molar-refractivity contribution in [2.75, 3.05) is 0 Å². The number of benzene rings is 1. The predicted octanol–water partition coefficient (Wildman–Crippen LogP) is 1.64. The van der Waals surface area contributed by atoms with Crippen molar-refractivity contribution < 1.29 is 0 Å². The van der Waals surface area contributed by atoms with Crippen LogP contribution in [-0.2, 0) is 13.1 Å². The van der Waals surface area contributed by atoms with Crippen LogP contribution in [0.15, 0.2) is 42.7 Å².